The van der Waals surface area contributed by atoms with Gasteiger partial charge in [-0.1, -0.05) is 0 Å². The molecule has 0 saturated carbocycles. The van der Waals surface area contributed by atoms with Crippen molar-refractivity contribution in [1.82, 2.24) is 0 Å². The summed E-state index contributed by atoms with van der Waals surface area (Å²) in [5.41, 5.74) is 0.356. The predicted octanol–water partition coefficient (Wildman–Crippen LogP) is 2.16. The number of aromatic nitrogens is 1. The molecule has 1 heterocycles. The fraction of sp³-hybridized carbons (Fsp3) is 0.154. The molecule has 0 aliphatic carbocycles. The zero-order chi connectivity index (χ0) is 15.6. The van der Waals surface area contributed by atoms with Crippen LogP contribution in [0.4, 0.5) is 5.69 Å². The highest BCUT2D eigenvalue weighted by atomic mass is 79.9. The Morgan fingerprint density at radius 1 is 1.24 bits per heavy atom. The topological polar surface area (TPSA) is 81.2 Å². The van der Waals surface area contributed by atoms with Gasteiger partial charge >= 0.3 is 0 Å². The number of benzene rings is 1. The summed E-state index contributed by atoms with van der Waals surface area (Å²) in [7, 11) is -1.80. The molecule has 110 valence electrons. The van der Waals surface area contributed by atoms with Crippen LogP contribution in [0.3, 0.4) is 0 Å². The van der Waals surface area contributed by atoms with Gasteiger partial charge in [-0.25, -0.2) is 13.0 Å². The van der Waals surface area contributed by atoms with Crippen molar-refractivity contribution in [2.45, 2.75) is 10.6 Å². The van der Waals surface area contributed by atoms with Gasteiger partial charge in [0.25, 0.3) is 5.69 Å². The number of halogens is 1. The molecular weight excluding hydrogens is 360 g/mol. The van der Waals surface area contributed by atoms with Crippen LogP contribution in [0.5, 0.6) is 0 Å². The fourth-order valence-corrected chi connectivity index (χ4v) is 3.51. The van der Waals surface area contributed by atoms with Crippen molar-refractivity contribution in [3.05, 3.63) is 62.9 Å². The first kappa shape index (κ1) is 15.6. The second kappa shape index (κ2) is 5.90. The lowest BCUT2D eigenvalue weighted by atomic mass is 10.3. The predicted molar refractivity (Wildman–Crippen MR) is 79.3 cm³/mol. The van der Waals surface area contributed by atoms with Gasteiger partial charge in [0.05, 0.1) is 20.0 Å². The van der Waals surface area contributed by atoms with E-state index < -0.39 is 14.8 Å². The average molecular weight is 372 g/mol. The summed E-state index contributed by atoms with van der Waals surface area (Å²) >= 11 is 3.03. The third-order valence-corrected chi connectivity index (χ3v) is 5.23. The van der Waals surface area contributed by atoms with Crippen molar-refractivity contribution < 1.29 is 17.9 Å². The Kier molecular flexibility index (Phi) is 4.38. The maximum absolute atomic E-state index is 12.3. The van der Waals surface area contributed by atoms with Crippen LogP contribution in [0.25, 0.3) is 0 Å². The molecule has 2 rings (SSSR count). The maximum atomic E-state index is 12.3. The van der Waals surface area contributed by atoms with Gasteiger partial charge in [0.2, 0.25) is 0 Å². The summed E-state index contributed by atoms with van der Waals surface area (Å²) in [5.74, 6) is -0.202. The van der Waals surface area contributed by atoms with Gasteiger partial charge in [-0.2, -0.15) is 0 Å². The van der Waals surface area contributed by atoms with E-state index in [9.17, 15) is 18.5 Å². The highest BCUT2D eigenvalue weighted by Gasteiger charge is 2.21. The van der Waals surface area contributed by atoms with Crippen molar-refractivity contribution >= 4 is 31.5 Å². The molecule has 0 fully saturated rings. The molecule has 0 N–H and O–H groups in total. The highest BCUT2D eigenvalue weighted by molar-refractivity contribution is 9.10. The minimum Gasteiger partial charge on any atom is -0.258 e. The first-order valence-corrected chi connectivity index (χ1v) is 8.35. The Morgan fingerprint density at radius 3 is 2.43 bits per heavy atom. The van der Waals surface area contributed by atoms with Crippen LogP contribution in [0.15, 0.2) is 52.1 Å². The van der Waals surface area contributed by atoms with Gasteiger partial charge in [0, 0.05) is 18.2 Å². The second-order valence-corrected chi connectivity index (χ2v) is 7.35. The van der Waals surface area contributed by atoms with Crippen LogP contribution in [0.2, 0.25) is 0 Å². The largest absolute Gasteiger partial charge is 0.284 e. The molecule has 0 atom stereocenters. The first-order valence-electron chi connectivity index (χ1n) is 5.90. The second-order valence-electron chi connectivity index (χ2n) is 4.50. The number of nitro groups is 1. The van der Waals surface area contributed by atoms with Gasteiger partial charge in [0.1, 0.15) is 7.05 Å². The number of sulfone groups is 1. The first-order chi connectivity index (χ1) is 9.79. The molecule has 6 nitrogen and oxygen atoms in total. The van der Waals surface area contributed by atoms with E-state index in [1.54, 1.807) is 29.1 Å². The van der Waals surface area contributed by atoms with Crippen molar-refractivity contribution in [3.63, 3.8) is 0 Å². The molecule has 0 amide bonds. The lowest BCUT2D eigenvalue weighted by Crippen LogP contribution is -2.26. The van der Waals surface area contributed by atoms with E-state index in [1.807, 2.05) is 7.05 Å². The van der Waals surface area contributed by atoms with Gasteiger partial charge < -0.3 is 0 Å². The fourth-order valence-electron chi connectivity index (χ4n) is 1.76. The number of aryl methyl sites for hydroxylation is 1. The van der Waals surface area contributed by atoms with Crippen molar-refractivity contribution in [1.29, 1.82) is 0 Å². The molecule has 8 heteroatoms. The van der Waals surface area contributed by atoms with Crippen molar-refractivity contribution in [2.24, 2.45) is 7.05 Å². The quantitative estimate of drug-likeness (QED) is 0.468. The van der Waals surface area contributed by atoms with Crippen LogP contribution in [-0.4, -0.2) is 13.3 Å². The summed E-state index contributed by atoms with van der Waals surface area (Å²) < 4.78 is 26.7. The number of hydrogen-bond acceptors (Lipinski definition) is 4. The van der Waals surface area contributed by atoms with Crippen LogP contribution in [0.1, 0.15) is 5.56 Å². The van der Waals surface area contributed by atoms with Crippen molar-refractivity contribution in [2.75, 3.05) is 0 Å². The Morgan fingerprint density at radius 2 is 1.86 bits per heavy atom. The van der Waals surface area contributed by atoms with Crippen LogP contribution < -0.4 is 4.57 Å². The summed E-state index contributed by atoms with van der Waals surface area (Å²) in [5, 5.41) is 10.9. The number of nitro benzene ring substituents is 1. The van der Waals surface area contributed by atoms with Gasteiger partial charge in [-0.3, -0.25) is 10.1 Å². The Balaban J connectivity index is 2.38. The van der Waals surface area contributed by atoms with E-state index in [4.69, 9.17) is 0 Å². The molecule has 0 saturated heterocycles. The zero-order valence-corrected chi connectivity index (χ0v) is 13.5. The third kappa shape index (κ3) is 3.64. The van der Waals surface area contributed by atoms with E-state index in [0.29, 0.717) is 5.56 Å². The zero-order valence-electron chi connectivity index (χ0n) is 11.1. The highest BCUT2D eigenvalue weighted by Crippen LogP contribution is 2.28. The molecular formula is C13H12BrN2O4S+. The normalized spacial score (nSPS) is 11.3. The van der Waals surface area contributed by atoms with E-state index in [2.05, 4.69) is 15.9 Å². The van der Waals surface area contributed by atoms with E-state index >= 15 is 0 Å². The van der Waals surface area contributed by atoms with E-state index in [-0.39, 0.29) is 20.8 Å². The molecule has 0 aliphatic heterocycles. The molecule has 2 aromatic rings. The smallest absolute Gasteiger partial charge is 0.258 e. The molecule has 0 unspecified atom stereocenters. The molecule has 1 aromatic heterocycles. The lowest BCUT2D eigenvalue weighted by molar-refractivity contribution is -0.671. The Labute approximate surface area is 130 Å². The third-order valence-electron chi connectivity index (χ3n) is 2.88. The van der Waals surface area contributed by atoms with Crippen molar-refractivity contribution in [3.8, 4) is 0 Å². The summed E-state index contributed by atoms with van der Waals surface area (Å²) in [4.78, 5) is 10.2. The molecule has 1 aromatic carbocycles. The maximum Gasteiger partial charge on any atom is 0.284 e. The number of hydrogen-bond donors (Lipinski definition) is 0. The molecule has 0 spiro atoms. The minimum absolute atomic E-state index is 0.0642. The molecule has 0 aliphatic rings. The lowest BCUT2D eigenvalue weighted by Gasteiger charge is -2.05. The monoisotopic (exact) mass is 371 g/mol. The van der Waals surface area contributed by atoms with E-state index in [1.165, 1.54) is 12.1 Å². The Bertz CT molecular complexity index is 788. The number of nitrogens with zero attached hydrogens (tertiary/aromatic N) is 2. The standard InChI is InChI=1S/C13H12BrN2O4S/c1-15-6-4-10(5-7-15)9-21(19,20)11-2-3-12(14)13(8-11)16(17)18/h2-8H,9H2,1H3/q+1. The summed E-state index contributed by atoms with van der Waals surface area (Å²) in [6.45, 7) is 0. The SMILES string of the molecule is C[n+]1ccc(CS(=O)(=O)c2ccc(Br)c([N+](=O)[O-])c2)cc1. The van der Waals surface area contributed by atoms with E-state index in [0.717, 1.165) is 6.07 Å². The summed E-state index contributed by atoms with van der Waals surface area (Å²) in [6, 6.07) is 7.20. The number of rotatable bonds is 4. The molecule has 0 bridgehead atoms. The minimum atomic E-state index is -3.63. The van der Waals surface area contributed by atoms with Gasteiger partial charge in [0.15, 0.2) is 22.2 Å². The Hall–Kier alpha value is -1.80. The van der Waals surface area contributed by atoms with Gasteiger partial charge in [-0.05, 0) is 33.6 Å². The van der Waals surface area contributed by atoms with Crippen LogP contribution in [-0.2, 0) is 22.6 Å². The summed E-state index contributed by atoms with van der Waals surface area (Å²) in [6.07, 6.45) is 3.49. The van der Waals surface area contributed by atoms with Crippen LogP contribution >= 0.6 is 15.9 Å². The molecule has 21 heavy (non-hydrogen) atoms. The average Bonchev–Trinajstić information content (AvgIpc) is 2.41. The molecule has 0 radical (unpaired) electrons. The number of pyridine rings is 1. The van der Waals surface area contributed by atoms with Gasteiger partial charge in [-0.15, -0.1) is 0 Å². The van der Waals surface area contributed by atoms with Crippen LogP contribution in [0, 0.1) is 10.1 Å².